The number of hydrogen-bond acceptors (Lipinski definition) is 5. The first-order chi connectivity index (χ1) is 12.5. The van der Waals surface area contributed by atoms with Crippen LogP contribution in [0, 0.1) is 5.92 Å². The van der Waals surface area contributed by atoms with Gasteiger partial charge < -0.3 is 10.6 Å². The van der Waals surface area contributed by atoms with Crippen molar-refractivity contribution < 1.29 is 8.42 Å². The molecule has 1 unspecified atom stereocenters. The van der Waals surface area contributed by atoms with E-state index >= 15 is 0 Å². The Morgan fingerprint density at radius 3 is 2.58 bits per heavy atom. The maximum atomic E-state index is 12.1. The molecule has 0 aromatic carbocycles. The summed E-state index contributed by atoms with van der Waals surface area (Å²) in [6, 6.07) is 7.54. The third-order valence-electron chi connectivity index (χ3n) is 3.50. The molecule has 0 amide bonds. The first kappa shape index (κ1) is 20.9. The first-order valence-electron chi connectivity index (χ1n) is 8.59. The number of hydrogen-bond donors (Lipinski definition) is 3. The Morgan fingerprint density at radius 2 is 1.92 bits per heavy atom. The SMILES string of the molecule is CCNC(=NCC(C)Cc1cccs1)NCCNS(=O)(=O)c1cccs1. The lowest BCUT2D eigenvalue weighted by molar-refractivity contribution is 0.581. The van der Waals surface area contributed by atoms with E-state index in [1.54, 1.807) is 28.8 Å². The van der Waals surface area contributed by atoms with E-state index in [1.807, 2.05) is 6.92 Å². The van der Waals surface area contributed by atoms with Gasteiger partial charge in [0.2, 0.25) is 10.0 Å². The molecule has 9 heteroatoms. The van der Waals surface area contributed by atoms with Gasteiger partial charge in [0.25, 0.3) is 0 Å². The predicted octanol–water partition coefficient (Wildman–Crippen LogP) is 2.52. The number of thiophene rings is 2. The van der Waals surface area contributed by atoms with Crippen LogP contribution < -0.4 is 15.4 Å². The van der Waals surface area contributed by atoms with Gasteiger partial charge in [0, 0.05) is 31.1 Å². The van der Waals surface area contributed by atoms with Gasteiger partial charge in [-0.2, -0.15) is 0 Å². The summed E-state index contributed by atoms with van der Waals surface area (Å²) in [5.74, 6) is 1.15. The first-order valence-corrected chi connectivity index (χ1v) is 11.8. The van der Waals surface area contributed by atoms with Crippen LogP contribution in [0.2, 0.25) is 0 Å². The van der Waals surface area contributed by atoms with Crippen LogP contribution in [-0.4, -0.2) is 40.6 Å². The molecule has 0 bridgehead atoms. The van der Waals surface area contributed by atoms with Gasteiger partial charge >= 0.3 is 0 Å². The highest BCUT2D eigenvalue weighted by molar-refractivity contribution is 7.91. The molecule has 26 heavy (non-hydrogen) atoms. The summed E-state index contributed by atoms with van der Waals surface area (Å²) in [5.41, 5.74) is 0. The zero-order chi connectivity index (χ0) is 18.8. The average molecular weight is 415 g/mol. The average Bonchev–Trinajstić information content (AvgIpc) is 3.30. The molecule has 6 nitrogen and oxygen atoms in total. The van der Waals surface area contributed by atoms with Crippen LogP contribution in [-0.2, 0) is 16.4 Å². The second-order valence-corrected chi connectivity index (χ2v) is 9.84. The van der Waals surface area contributed by atoms with Crippen molar-refractivity contribution in [3.8, 4) is 0 Å². The highest BCUT2D eigenvalue weighted by Gasteiger charge is 2.13. The van der Waals surface area contributed by atoms with E-state index in [1.165, 1.54) is 16.2 Å². The molecule has 2 heterocycles. The number of rotatable bonds is 10. The number of guanidine groups is 1. The maximum absolute atomic E-state index is 12.1. The fraction of sp³-hybridized carbons (Fsp3) is 0.471. The van der Waals surface area contributed by atoms with Crippen molar-refractivity contribution in [3.05, 3.63) is 39.9 Å². The molecule has 0 saturated heterocycles. The van der Waals surface area contributed by atoms with E-state index in [2.05, 4.69) is 44.8 Å². The molecule has 3 N–H and O–H groups in total. The normalized spacial score (nSPS) is 13.5. The summed E-state index contributed by atoms with van der Waals surface area (Å²) < 4.78 is 27.0. The zero-order valence-electron chi connectivity index (χ0n) is 15.1. The van der Waals surface area contributed by atoms with Gasteiger partial charge in [0.05, 0.1) is 0 Å². The molecule has 0 saturated carbocycles. The highest BCUT2D eigenvalue weighted by Crippen LogP contribution is 2.15. The minimum Gasteiger partial charge on any atom is -0.357 e. The molecule has 0 aliphatic heterocycles. The molecular formula is C17H26N4O2S3. The van der Waals surface area contributed by atoms with Crippen LogP contribution >= 0.6 is 22.7 Å². The van der Waals surface area contributed by atoms with Crippen molar-refractivity contribution in [3.63, 3.8) is 0 Å². The highest BCUT2D eigenvalue weighted by atomic mass is 32.2. The van der Waals surface area contributed by atoms with E-state index < -0.39 is 10.0 Å². The quantitative estimate of drug-likeness (QED) is 0.317. The van der Waals surface area contributed by atoms with Gasteiger partial charge in [0.15, 0.2) is 5.96 Å². The van der Waals surface area contributed by atoms with Crippen molar-refractivity contribution in [1.82, 2.24) is 15.4 Å². The number of aliphatic imine (C=N–C) groups is 1. The molecule has 2 aromatic rings. The van der Waals surface area contributed by atoms with Crippen LogP contribution in [0.25, 0.3) is 0 Å². The van der Waals surface area contributed by atoms with Gasteiger partial charge in [-0.05, 0) is 42.2 Å². The monoisotopic (exact) mass is 414 g/mol. The van der Waals surface area contributed by atoms with E-state index in [-0.39, 0.29) is 0 Å². The lowest BCUT2D eigenvalue weighted by atomic mass is 10.1. The Hall–Kier alpha value is -1.42. The molecule has 1 atom stereocenters. The second kappa shape index (κ2) is 10.7. The summed E-state index contributed by atoms with van der Waals surface area (Å²) in [5, 5.41) is 10.2. The topological polar surface area (TPSA) is 82.6 Å². The molecule has 0 fully saturated rings. The van der Waals surface area contributed by atoms with Crippen molar-refractivity contribution in [2.75, 3.05) is 26.2 Å². The fourth-order valence-corrected chi connectivity index (χ4v) is 5.22. The third kappa shape index (κ3) is 7.06. The van der Waals surface area contributed by atoms with Crippen LogP contribution in [0.4, 0.5) is 0 Å². The largest absolute Gasteiger partial charge is 0.357 e. The summed E-state index contributed by atoms with van der Waals surface area (Å²) >= 11 is 2.98. The number of sulfonamides is 1. The standard InChI is InChI=1S/C17H26N4O2S3/c1-3-18-17(20-13-14(2)12-15-6-4-10-24-15)19-8-9-21-26(22,23)16-7-5-11-25-16/h4-7,10-11,14,21H,3,8-9,12-13H2,1-2H3,(H2,18,19,20). The Kier molecular flexibility index (Phi) is 8.56. The Morgan fingerprint density at radius 1 is 1.15 bits per heavy atom. The molecule has 0 aliphatic rings. The zero-order valence-corrected chi connectivity index (χ0v) is 17.5. The molecule has 0 aliphatic carbocycles. The summed E-state index contributed by atoms with van der Waals surface area (Å²) in [4.78, 5) is 5.97. The fourth-order valence-electron chi connectivity index (χ4n) is 2.28. The van der Waals surface area contributed by atoms with Crippen molar-refractivity contribution in [2.24, 2.45) is 10.9 Å². The lowest BCUT2D eigenvalue weighted by Crippen LogP contribution is -2.41. The molecule has 0 spiro atoms. The van der Waals surface area contributed by atoms with Crippen molar-refractivity contribution in [2.45, 2.75) is 24.5 Å². The third-order valence-corrected chi connectivity index (χ3v) is 7.26. The van der Waals surface area contributed by atoms with Crippen LogP contribution in [0.1, 0.15) is 18.7 Å². The van der Waals surface area contributed by atoms with Gasteiger partial charge in [-0.25, -0.2) is 13.1 Å². The number of nitrogens with one attached hydrogen (secondary N) is 3. The minimum atomic E-state index is -3.41. The molecule has 144 valence electrons. The predicted molar refractivity (Wildman–Crippen MR) is 111 cm³/mol. The molecule has 2 aromatic heterocycles. The van der Waals surface area contributed by atoms with Crippen LogP contribution in [0.5, 0.6) is 0 Å². The number of nitrogens with zero attached hydrogens (tertiary/aromatic N) is 1. The van der Waals surface area contributed by atoms with Gasteiger partial charge in [-0.3, -0.25) is 4.99 Å². The van der Waals surface area contributed by atoms with Crippen molar-refractivity contribution in [1.29, 1.82) is 0 Å². The summed E-state index contributed by atoms with van der Waals surface area (Å²) in [6.07, 6.45) is 1.02. The van der Waals surface area contributed by atoms with Gasteiger partial charge in [-0.15, -0.1) is 22.7 Å². The van der Waals surface area contributed by atoms with E-state index in [0.29, 0.717) is 35.7 Å². The molecular weight excluding hydrogens is 388 g/mol. The van der Waals surface area contributed by atoms with Crippen LogP contribution in [0.15, 0.2) is 44.2 Å². The smallest absolute Gasteiger partial charge is 0.250 e. The Balaban J connectivity index is 1.76. The Labute approximate surface area is 163 Å². The van der Waals surface area contributed by atoms with E-state index in [9.17, 15) is 8.42 Å². The Bertz CT molecular complexity index is 756. The van der Waals surface area contributed by atoms with E-state index in [0.717, 1.165) is 13.0 Å². The van der Waals surface area contributed by atoms with E-state index in [4.69, 9.17) is 0 Å². The summed E-state index contributed by atoms with van der Waals surface area (Å²) in [7, 11) is -3.41. The van der Waals surface area contributed by atoms with Crippen molar-refractivity contribution >= 4 is 38.7 Å². The maximum Gasteiger partial charge on any atom is 0.250 e. The second-order valence-electron chi connectivity index (χ2n) is 5.86. The van der Waals surface area contributed by atoms with Crippen LogP contribution in [0.3, 0.4) is 0 Å². The summed E-state index contributed by atoms with van der Waals surface area (Å²) in [6.45, 7) is 6.43. The van der Waals surface area contributed by atoms with Gasteiger partial charge in [0.1, 0.15) is 4.21 Å². The lowest BCUT2D eigenvalue weighted by Gasteiger charge is -2.13. The molecule has 2 rings (SSSR count). The minimum absolute atomic E-state index is 0.301. The molecule has 0 radical (unpaired) electrons. The van der Waals surface area contributed by atoms with Gasteiger partial charge in [-0.1, -0.05) is 19.1 Å².